The van der Waals surface area contributed by atoms with Crippen molar-refractivity contribution in [2.24, 2.45) is 0 Å². The van der Waals surface area contributed by atoms with Gasteiger partial charge in [-0.25, -0.2) is 4.98 Å². The van der Waals surface area contributed by atoms with Crippen LogP contribution in [-0.2, 0) is 0 Å². The molecule has 18 heavy (non-hydrogen) atoms. The van der Waals surface area contributed by atoms with Crippen LogP contribution in [0.15, 0.2) is 37.6 Å². The van der Waals surface area contributed by atoms with E-state index in [4.69, 9.17) is 4.42 Å². The van der Waals surface area contributed by atoms with Gasteiger partial charge < -0.3 is 4.42 Å². The SMILES string of the molecule is CSc1cccc(Sc2nc(C)c(C)o2)c1C#N. The van der Waals surface area contributed by atoms with E-state index in [2.05, 4.69) is 11.1 Å². The fraction of sp³-hybridized carbons (Fsp3) is 0.231. The number of benzene rings is 1. The number of aromatic nitrogens is 1. The van der Waals surface area contributed by atoms with Crippen molar-refractivity contribution in [1.82, 2.24) is 4.98 Å². The average molecular weight is 276 g/mol. The van der Waals surface area contributed by atoms with Gasteiger partial charge >= 0.3 is 0 Å². The zero-order chi connectivity index (χ0) is 13.1. The van der Waals surface area contributed by atoms with E-state index in [-0.39, 0.29) is 0 Å². The largest absolute Gasteiger partial charge is 0.436 e. The molecular formula is C13H12N2OS2. The Morgan fingerprint density at radius 1 is 1.28 bits per heavy atom. The first-order valence-electron chi connectivity index (χ1n) is 5.34. The van der Waals surface area contributed by atoms with Crippen LogP contribution in [0.1, 0.15) is 17.0 Å². The topological polar surface area (TPSA) is 49.8 Å². The molecule has 1 heterocycles. The second-order valence-corrected chi connectivity index (χ2v) is 5.51. The van der Waals surface area contributed by atoms with Crippen LogP contribution in [-0.4, -0.2) is 11.2 Å². The van der Waals surface area contributed by atoms with Crippen LogP contribution >= 0.6 is 23.5 Å². The van der Waals surface area contributed by atoms with Gasteiger partial charge in [0.05, 0.1) is 11.3 Å². The van der Waals surface area contributed by atoms with Gasteiger partial charge in [-0.1, -0.05) is 6.07 Å². The van der Waals surface area contributed by atoms with Crippen molar-refractivity contribution in [2.75, 3.05) is 6.26 Å². The molecule has 0 aliphatic rings. The van der Waals surface area contributed by atoms with Crippen LogP contribution in [0.25, 0.3) is 0 Å². The number of thioether (sulfide) groups is 1. The summed E-state index contributed by atoms with van der Waals surface area (Å²) in [5.41, 5.74) is 1.57. The predicted molar refractivity (Wildman–Crippen MR) is 73.0 cm³/mol. The van der Waals surface area contributed by atoms with E-state index in [9.17, 15) is 5.26 Å². The first-order chi connectivity index (χ1) is 8.65. The predicted octanol–water partition coefficient (Wildman–Crippen LogP) is 4.04. The van der Waals surface area contributed by atoms with E-state index in [1.54, 1.807) is 11.8 Å². The summed E-state index contributed by atoms with van der Waals surface area (Å²) in [7, 11) is 0. The highest BCUT2D eigenvalue weighted by Gasteiger charge is 2.12. The highest BCUT2D eigenvalue weighted by Crippen LogP contribution is 2.34. The van der Waals surface area contributed by atoms with Gasteiger partial charge in [0.15, 0.2) is 0 Å². The molecule has 2 aromatic rings. The second-order valence-electron chi connectivity index (χ2n) is 3.67. The lowest BCUT2D eigenvalue weighted by molar-refractivity contribution is 0.431. The van der Waals surface area contributed by atoms with E-state index in [1.807, 2.05) is 38.3 Å². The molecule has 0 atom stereocenters. The molecule has 5 heteroatoms. The van der Waals surface area contributed by atoms with Crippen LogP contribution in [0.5, 0.6) is 0 Å². The fourth-order valence-electron chi connectivity index (χ4n) is 1.46. The third-order valence-electron chi connectivity index (χ3n) is 2.53. The van der Waals surface area contributed by atoms with E-state index in [0.717, 1.165) is 21.2 Å². The summed E-state index contributed by atoms with van der Waals surface area (Å²) < 4.78 is 5.53. The quantitative estimate of drug-likeness (QED) is 0.792. The lowest BCUT2D eigenvalue weighted by atomic mass is 10.2. The number of nitriles is 1. The van der Waals surface area contributed by atoms with Gasteiger partial charge in [-0.2, -0.15) is 5.26 Å². The van der Waals surface area contributed by atoms with Gasteiger partial charge in [-0.3, -0.25) is 0 Å². The molecule has 0 aliphatic heterocycles. The highest BCUT2D eigenvalue weighted by molar-refractivity contribution is 7.99. The molecule has 0 saturated carbocycles. The zero-order valence-corrected chi connectivity index (χ0v) is 12.0. The Kier molecular flexibility index (Phi) is 4.00. The molecule has 0 bridgehead atoms. The average Bonchev–Trinajstić information content (AvgIpc) is 2.68. The molecular weight excluding hydrogens is 264 g/mol. The molecule has 1 aromatic heterocycles. The number of hydrogen-bond donors (Lipinski definition) is 0. The molecule has 0 fully saturated rings. The summed E-state index contributed by atoms with van der Waals surface area (Å²) >= 11 is 2.96. The smallest absolute Gasteiger partial charge is 0.261 e. The summed E-state index contributed by atoms with van der Waals surface area (Å²) in [5, 5.41) is 9.82. The molecule has 3 nitrogen and oxygen atoms in total. The third kappa shape index (κ3) is 2.55. The first-order valence-corrected chi connectivity index (χ1v) is 7.38. The van der Waals surface area contributed by atoms with Crippen LogP contribution in [0, 0.1) is 25.2 Å². The van der Waals surface area contributed by atoms with Crippen LogP contribution in [0.3, 0.4) is 0 Å². The Hall–Kier alpha value is -1.38. The van der Waals surface area contributed by atoms with Crippen molar-refractivity contribution >= 4 is 23.5 Å². The molecule has 0 saturated heterocycles. The fourth-order valence-corrected chi connectivity index (χ4v) is 3.04. The van der Waals surface area contributed by atoms with Gasteiger partial charge in [-0.15, -0.1) is 11.8 Å². The summed E-state index contributed by atoms with van der Waals surface area (Å²) in [6, 6.07) is 8.05. The van der Waals surface area contributed by atoms with Gasteiger partial charge in [-0.05, 0) is 44.0 Å². The van der Waals surface area contributed by atoms with Crippen molar-refractivity contribution in [2.45, 2.75) is 28.9 Å². The standard InChI is InChI=1S/C13H12N2OS2/c1-8-9(2)16-13(15-8)18-12-6-4-5-11(17-3)10(12)7-14/h4-6H,1-3H3. The number of aryl methyl sites for hydroxylation is 2. The Morgan fingerprint density at radius 3 is 2.56 bits per heavy atom. The molecule has 0 N–H and O–H groups in total. The summed E-state index contributed by atoms with van der Waals surface area (Å²) in [4.78, 5) is 6.17. The van der Waals surface area contributed by atoms with Crippen LogP contribution in [0.4, 0.5) is 0 Å². The Balaban J connectivity index is 2.37. The van der Waals surface area contributed by atoms with Crippen molar-refractivity contribution in [3.63, 3.8) is 0 Å². The molecule has 0 aliphatic carbocycles. The van der Waals surface area contributed by atoms with Crippen LogP contribution < -0.4 is 0 Å². The van der Waals surface area contributed by atoms with E-state index < -0.39 is 0 Å². The monoisotopic (exact) mass is 276 g/mol. The van der Waals surface area contributed by atoms with Crippen molar-refractivity contribution < 1.29 is 4.42 Å². The number of hydrogen-bond acceptors (Lipinski definition) is 5. The molecule has 92 valence electrons. The second kappa shape index (κ2) is 5.51. The molecule has 0 amide bonds. The molecule has 1 aromatic carbocycles. The Labute approximate surface area is 115 Å². The van der Waals surface area contributed by atoms with Crippen molar-refractivity contribution in [3.8, 4) is 6.07 Å². The number of nitrogens with zero attached hydrogens (tertiary/aromatic N) is 2. The Morgan fingerprint density at radius 2 is 2.00 bits per heavy atom. The highest BCUT2D eigenvalue weighted by atomic mass is 32.2. The maximum Gasteiger partial charge on any atom is 0.261 e. The summed E-state index contributed by atoms with van der Waals surface area (Å²) in [6.07, 6.45) is 1.96. The lowest BCUT2D eigenvalue weighted by Crippen LogP contribution is -1.85. The maximum absolute atomic E-state index is 9.24. The minimum atomic E-state index is 0.583. The zero-order valence-electron chi connectivity index (χ0n) is 10.4. The number of rotatable bonds is 3. The molecule has 0 radical (unpaired) electrons. The normalized spacial score (nSPS) is 10.3. The maximum atomic E-state index is 9.24. The lowest BCUT2D eigenvalue weighted by Gasteiger charge is -2.04. The van der Waals surface area contributed by atoms with E-state index in [0.29, 0.717) is 10.8 Å². The number of oxazole rings is 1. The molecule has 2 rings (SSSR count). The van der Waals surface area contributed by atoms with Gasteiger partial charge in [0, 0.05) is 9.79 Å². The minimum absolute atomic E-state index is 0.583. The van der Waals surface area contributed by atoms with E-state index in [1.165, 1.54) is 11.8 Å². The minimum Gasteiger partial charge on any atom is -0.436 e. The summed E-state index contributed by atoms with van der Waals surface area (Å²) in [6.45, 7) is 3.79. The molecule has 0 unspecified atom stereocenters. The van der Waals surface area contributed by atoms with E-state index >= 15 is 0 Å². The van der Waals surface area contributed by atoms with Gasteiger partial charge in [0.25, 0.3) is 5.22 Å². The molecule has 0 spiro atoms. The Bertz CT molecular complexity index is 594. The summed E-state index contributed by atoms with van der Waals surface area (Å²) in [5.74, 6) is 0.817. The van der Waals surface area contributed by atoms with Crippen molar-refractivity contribution in [1.29, 1.82) is 5.26 Å². The van der Waals surface area contributed by atoms with Crippen LogP contribution in [0.2, 0.25) is 0 Å². The van der Waals surface area contributed by atoms with Gasteiger partial charge in [0.1, 0.15) is 11.8 Å². The third-order valence-corrected chi connectivity index (χ3v) is 4.22. The van der Waals surface area contributed by atoms with Gasteiger partial charge in [0.2, 0.25) is 0 Å². The van der Waals surface area contributed by atoms with Crippen molar-refractivity contribution in [3.05, 3.63) is 35.2 Å². The first kappa shape index (κ1) is 13.1.